The van der Waals surface area contributed by atoms with Crippen LogP contribution >= 0.6 is 11.8 Å². The van der Waals surface area contributed by atoms with Gasteiger partial charge in [-0.1, -0.05) is 18.2 Å². The zero-order chi connectivity index (χ0) is 19.7. The Morgan fingerprint density at radius 1 is 1.18 bits per heavy atom. The molecule has 0 saturated heterocycles. The van der Waals surface area contributed by atoms with Crippen molar-refractivity contribution in [3.05, 3.63) is 59.4 Å². The molecule has 4 rings (SSSR count). The normalized spacial score (nSPS) is 16.1. The van der Waals surface area contributed by atoms with Crippen LogP contribution in [0.5, 0.6) is 11.5 Å². The van der Waals surface area contributed by atoms with Crippen LogP contribution in [0.25, 0.3) is 5.82 Å². The lowest BCUT2D eigenvalue weighted by molar-refractivity contribution is -0.113. The van der Waals surface area contributed by atoms with Gasteiger partial charge in [-0.2, -0.15) is 9.78 Å². The second-order valence-electron chi connectivity index (χ2n) is 6.27. The molecule has 1 aliphatic rings. The van der Waals surface area contributed by atoms with E-state index >= 15 is 0 Å². The molecule has 0 radical (unpaired) electrons. The Hall–Kier alpha value is -3.00. The minimum atomic E-state index is -0.142. The third kappa shape index (κ3) is 3.09. The molecule has 1 amide bonds. The fourth-order valence-corrected chi connectivity index (χ4v) is 4.60. The van der Waals surface area contributed by atoms with Gasteiger partial charge in [0.05, 0.1) is 30.9 Å². The first-order valence-electron chi connectivity index (χ1n) is 8.77. The molecule has 0 aliphatic carbocycles. The van der Waals surface area contributed by atoms with Crippen molar-refractivity contribution in [1.82, 2.24) is 14.8 Å². The largest absolute Gasteiger partial charge is 0.493 e. The van der Waals surface area contributed by atoms with E-state index in [2.05, 4.69) is 15.4 Å². The number of carbonyl (C=O) groups is 1. The second kappa shape index (κ2) is 7.55. The number of rotatable bonds is 4. The number of thioether (sulfide) groups is 1. The zero-order valence-electron chi connectivity index (χ0n) is 15.8. The van der Waals surface area contributed by atoms with Crippen molar-refractivity contribution in [3.63, 3.8) is 0 Å². The summed E-state index contributed by atoms with van der Waals surface area (Å²) in [5.41, 5.74) is 2.70. The van der Waals surface area contributed by atoms with E-state index in [4.69, 9.17) is 9.47 Å². The topological polar surface area (TPSA) is 78.3 Å². The smallest absolute Gasteiger partial charge is 0.235 e. The number of hydrogen-bond donors (Lipinski definition) is 1. The zero-order valence-corrected chi connectivity index (χ0v) is 16.6. The lowest BCUT2D eigenvalue weighted by Crippen LogP contribution is -2.16. The summed E-state index contributed by atoms with van der Waals surface area (Å²) in [7, 11) is 3.24. The predicted octanol–water partition coefficient (Wildman–Crippen LogP) is 3.37. The molecule has 8 heteroatoms. The lowest BCUT2D eigenvalue weighted by Gasteiger charge is -2.20. The van der Waals surface area contributed by atoms with Crippen LogP contribution in [0.15, 0.2) is 42.6 Å². The number of benzene rings is 1. The second-order valence-corrected chi connectivity index (χ2v) is 7.36. The van der Waals surface area contributed by atoms with Gasteiger partial charge in [-0.3, -0.25) is 4.79 Å². The van der Waals surface area contributed by atoms with E-state index in [0.717, 1.165) is 16.8 Å². The maximum absolute atomic E-state index is 12.4. The highest BCUT2D eigenvalue weighted by Crippen LogP contribution is 2.48. The molecular formula is C20H20N4O3S. The highest BCUT2D eigenvalue weighted by molar-refractivity contribution is 8.00. The number of fused-ring (bicyclic) bond motifs is 1. The van der Waals surface area contributed by atoms with Gasteiger partial charge < -0.3 is 14.8 Å². The third-order valence-electron chi connectivity index (χ3n) is 4.59. The van der Waals surface area contributed by atoms with E-state index in [9.17, 15) is 4.79 Å². The molecule has 0 bridgehead atoms. The number of pyridine rings is 1. The van der Waals surface area contributed by atoms with Crippen molar-refractivity contribution in [2.45, 2.75) is 12.2 Å². The highest BCUT2D eigenvalue weighted by Gasteiger charge is 2.33. The number of para-hydroxylation sites is 1. The summed E-state index contributed by atoms with van der Waals surface area (Å²) in [5, 5.41) is 7.53. The van der Waals surface area contributed by atoms with Gasteiger partial charge >= 0.3 is 0 Å². The highest BCUT2D eigenvalue weighted by atomic mass is 32.2. The summed E-state index contributed by atoms with van der Waals surface area (Å²) >= 11 is 1.54. The fourth-order valence-electron chi connectivity index (χ4n) is 3.39. The first-order chi connectivity index (χ1) is 13.6. The number of amides is 1. The quantitative estimate of drug-likeness (QED) is 0.729. The molecule has 1 aliphatic heterocycles. The summed E-state index contributed by atoms with van der Waals surface area (Å²) in [6.07, 6.45) is 1.70. The first kappa shape index (κ1) is 18.4. The molecule has 28 heavy (non-hydrogen) atoms. The van der Waals surface area contributed by atoms with Gasteiger partial charge in [-0.05, 0) is 25.1 Å². The van der Waals surface area contributed by atoms with Gasteiger partial charge in [0.2, 0.25) is 5.91 Å². The van der Waals surface area contributed by atoms with Gasteiger partial charge in [0.1, 0.15) is 5.82 Å². The van der Waals surface area contributed by atoms with Crippen LogP contribution in [0.3, 0.4) is 0 Å². The number of hydrogen-bond acceptors (Lipinski definition) is 6. The average Bonchev–Trinajstić information content (AvgIpc) is 2.93. The number of anilines is 1. The van der Waals surface area contributed by atoms with E-state index in [1.165, 1.54) is 11.8 Å². The van der Waals surface area contributed by atoms with Gasteiger partial charge in [0, 0.05) is 17.3 Å². The summed E-state index contributed by atoms with van der Waals surface area (Å²) in [4.78, 5) is 16.8. The standard InChI is InChI=1S/C20H20N4O3S/c1-12-17-19(13-7-6-8-14(26-2)18(13)27-3)28-11-16(25)22-20(17)24(23-12)15-9-4-5-10-21-15/h4-10,19H,11H2,1-3H3,(H,22,25)/t19-/m1/s1. The molecule has 3 aromatic rings. The maximum atomic E-state index is 12.4. The molecule has 2 aromatic heterocycles. The molecule has 1 aromatic carbocycles. The van der Waals surface area contributed by atoms with Crippen LogP contribution < -0.4 is 14.8 Å². The molecule has 7 nitrogen and oxygen atoms in total. The monoisotopic (exact) mass is 396 g/mol. The summed E-state index contributed by atoms with van der Waals surface area (Å²) < 4.78 is 12.8. The van der Waals surface area contributed by atoms with E-state index in [0.29, 0.717) is 28.9 Å². The van der Waals surface area contributed by atoms with Gasteiger partial charge in [-0.25, -0.2) is 4.98 Å². The van der Waals surface area contributed by atoms with E-state index in [-0.39, 0.29) is 11.2 Å². The Bertz CT molecular complexity index is 1020. The van der Waals surface area contributed by atoms with Gasteiger partial charge in [-0.15, -0.1) is 11.8 Å². The first-order valence-corrected chi connectivity index (χ1v) is 9.82. The Kier molecular flexibility index (Phi) is 4.95. The molecule has 3 heterocycles. The van der Waals surface area contributed by atoms with Crippen molar-refractivity contribution >= 4 is 23.5 Å². The van der Waals surface area contributed by atoms with Crippen LogP contribution in [0, 0.1) is 6.92 Å². The number of aryl methyl sites for hydroxylation is 1. The molecule has 1 N–H and O–H groups in total. The van der Waals surface area contributed by atoms with Crippen LogP contribution in [0.1, 0.15) is 22.1 Å². The molecule has 0 spiro atoms. The van der Waals surface area contributed by atoms with E-state index < -0.39 is 0 Å². The molecule has 1 atom stereocenters. The van der Waals surface area contributed by atoms with Crippen molar-refractivity contribution in [2.24, 2.45) is 0 Å². The minimum absolute atomic E-state index is 0.0762. The van der Waals surface area contributed by atoms with Crippen molar-refractivity contribution < 1.29 is 14.3 Å². The van der Waals surface area contributed by atoms with Crippen LogP contribution in [-0.2, 0) is 4.79 Å². The number of carbonyl (C=O) groups excluding carboxylic acids is 1. The Balaban J connectivity index is 1.92. The molecule has 0 fully saturated rings. The van der Waals surface area contributed by atoms with Gasteiger partial charge in [0.25, 0.3) is 0 Å². The van der Waals surface area contributed by atoms with Crippen LogP contribution in [-0.4, -0.2) is 40.6 Å². The maximum Gasteiger partial charge on any atom is 0.235 e. The molecule has 0 saturated carbocycles. The van der Waals surface area contributed by atoms with Crippen molar-refractivity contribution in [3.8, 4) is 17.3 Å². The van der Waals surface area contributed by atoms with E-state index in [1.54, 1.807) is 25.1 Å². The van der Waals surface area contributed by atoms with Crippen LogP contribution in [0.4, 0.5) is 5.82 Å². The average molecular weight is 396 g/mol. The Labute approximate surface area is 167 Å². The number of nitrogens with one attached hydrogen (secondary N) is 1. The molecular weight excluding hydrogens is 376 g/mol. The summed E-state index contributed by atoms with van der Waals surface area (Å²) in [5.74, 6) is 2.85. The Morgan fingerprint density at radius 2 is 2.04 bits per heavy atom. The third-order valence-corrected chi connectivity index (χ3v) is 5.84. The fraction of sp³-hybridized carbons (Fsp3) is 0.250. The van der Waals surface area contributed by atoms with Crippen molar-refractivity contribution in [1.29, 1.82) is 0 Å². The Morgan fingerprint density at radius 3 is 2.75 bits per heavy atom. The molecule has 144 valence electrons. The SMILES string of the molecule is COc1cccc([C@H]2SCC(=O)Nc3c2c(C)nn3-c2ccccn2)c1OC. The number of methoxy groups -OCH3 is 2. The van der Waals surface area contributed by atoms with E-state index in [1.807, 2.05) is 43.3 Å². The van der Waals surface area contributed by atoms with Crippen LogP contribution in [0.2, 0.25) is 0 Å². The number of nitrogens with zero attached hydrogens (tertiary/aromatic N) is 3. The van der Waals surface area contributed by atoms with Gasteiger partial charge in [0.15, 0.2) is 17.3 Å². The lowest BCUT2D eigenvalue weighted by atomic mass is 10.0. The number of aromatic nitrogens is 3. The van der Waals surface area contributed by atoms with Crippen molar-refractivity contribution in [2.75, 3.05) is 25.3 Å². The number of ether oxygens (including phenoxy) is 2. The predicted molar refractivity (Wildman–Crippen MR) is 109 cm³/mol. The minimum Gasteiger partial charge on any atom is -0.493 e. The molecule has 0 unspecified atom stereocenters. The summed E-state index contributed by atoms with van der Waals surface area (Å²) in [6, 6.07) is 11.4. The summed E-state index contributed by atoms with van der Waals surface area (Å²) in [6.45, 7) is 1.94.